The van der Waals surface area contributed by atoms with Gasteiger partial charge >= 0.3 is 0 Å². The molecule has 1 aliphatic heterocycles. The molecule has 7 heteroatoms. The van der Waals surface area contributed by atoms with Crippen LogP contribution in [0.25, 0.3) is 10.9 Å². The molecule has 0 spiro atoms. The van der Waals surface area contributed by atoms with Crippen LogP contribution >= 0.6 is 23.2 Å². The van der Waals surface area contributed by atoms with Crippen molar-refractivity contribution in [1.29, 1.82) is 0 Å². The Labute approximate surface area is 180 Å². The summed E-state index contributed by atoms with van der Waals surface area (Å²) in [6.07, 6.45) is 2.44. The fourth-order valence-corrected chi connectivity index (χ4v) is 4.20. The van der Waals surface area contributed by atoms with E-state index in [4.69, 9.17) is 33.2 Å². The number of hydrogen-bond acceptors (Lipinski definition) is 5. The molecule has 1 saturated carbocycles. The molecule has 0 bridgehead atoms. The van der Waals surface area contributed by atoms with Gasteiger partial charge in [-0.15, -0.1) is 0 Å². The summed E-state index contributed by atoms with van der Waals surface area (Å²) < 4.78 is 0. The summed E-state index contributed by atoms with van der Waals surface area (Å²) in [7, 11) is 0. The van der Waals surface area contributed by atoms with E-state index in [1.165, 1.54) is 12.8 Å². The van der Waals surface area contributed by atoms with Crippen LogP contribution in [0.3, 0.4) is 0 Å². The third kappa shape index (κ3) is 4.27. The van der Waals surface area contributed by atoms with E-state index in [1.54, 1.807) is 0 Å². The lowest BCUT2D eigenvalue weighted by molar-refractivity contribution is 0.249. The molecule has 3 aromatic rings. The summed E-state index contributed by atoms with van der Waals surface area (Å²) in [6, 6.07) is 14.5. The van der Waals surface area contributed by atoms with Gasteiger partial charge in [-0.05, 0) is 42.7 Å². The van der Waals surface area contributed by atoms with Crippen LogP contribution in [0.5, 0.6) is 0 Å². The molecule has 2 heterocycles. The van der Waals surface area contributed by atoms with Crippen molar-refractivity contribution in [2.75, 3.05) is 36.4 Å². The van der Waals surface area contributed by atoms with Gasteiger partial charge < -0.3 is 10.2 Å². The first-order valence-corrected chi connectivity index (χ1v) is 10.9. The summed E-state index contributed by atoms with van der Waals surface area (Å²) in [5.74, 6) is 1.78. The van der Waals surface area contributed by atoms with Crippen LogP contribution in [-0.2, 0) is 6.54 Å². The molecule has 1 aromatic heterocycles. The monoisotopic (exact) mass is 427 g/mol. The lowest BCUT2D eigenvalue weighted by Crippen LogP contribution is -2.46. The standard InChI is InChI=1S/C22H23Cl2N5/c23-16-6-5-15(19(24)13-16)14-28-9-11-29(12-10-28)22-26-20-4-2-1-3-18(20)21(27-22)25-17-7-8-17/h1-6,13,17H,7-12,14H2,(H,25,26,27). The van der Waals surface area contributed by atoms with Crippen molar-refractivity contribution in [3.05, 3.63) is 58.1 Å². The van der Waals surface area contributed by atoms with Gasteiger partial charge in [-0.3, -0.25) is 4.90 Å². The number of hydrogen-bond donors (Lipinski definition) is 1. The Morgan fingerprint density at radius 2 is 1.76 bits per heavy atom. The smallest absolute Gasteiger partial charge is 0.227 e. The van der Waals surface area contributed by atoms with Crippen LogP contribution < -0.4 is 10.2 Å². The molecule has 2 fully saturated rings. The SMILES string of the molecule is Clc1ccc(CN2CCN(c3nc(NC4CC4)c4ccccc4n3)CC2)c(Cl)c1. The topological polar surface area (TPSA) is 44.3 Å². The number of aromatic nitrogens is 2. The van der Waals surface area contributed by atoms with Crippen molar-refractivity contribution in [3.8, 4) is 0 Å². The molecular weight excluding hydrogens is 405 g/mol. The number of para-hydroxylation sites is 1. The number of nitrogens with zero attached hydrogens (tertiary/aromatic N) is 4. The minimum atomic E-state index is 0.558. The van der Waals surface area contributed by atoms with Crippen LogP contribution in [0, 0.1) is 0 Å². The average Bonchev–Trinajstić information content (AvgIpc) is 3.55. The highest BCUT2D eigenvalue weighted by molar-refractivity contribution is 6.35. The maximum absolute atomic E-state index is 6.34. The summed E-state index contributed by atoms with van der Waals surface area (Å²) >= 11 is 12.4. The number of anilines is 2. The number of halogens is 2. The Morgan fingerprint density at radius 3 is 2.52 bits per heavy atom. The van der Waals surface area contributed by atoms with E-state index in [9.17, 15) is 0 Å². The molecule has 0 atom stereocenters. The zero-order chi connectivity index (χ0) is 19.8. The van der Waals surface area contributed by atoms with Crippen molar-refractivity contribution < 1.29 is 0 Å². The first-order valence-electron chi connectivity index (χ1n) is 10.1. The van der Waals surface area contributed by atoms with Gasteiger partial charge in [0.15, 0.2) is 0 Å². The van der Waals surface area contributed by atoms with Crippen molar-refractivity contribution in [2.45, 2.75) is 25.4 Å². The van der Waals surface area contributed by atoms with Gasteiger partial charge in [-0.1, -0.05) is 41.4 Å². The van der Waals surface area contributed by atoms with Gasteiger partial charge in [0, 0.05) is 54.2 Å². The van der Waals surface area contributed by atoms with Crippen LogP contribution in [0.1, 0.15) is 18.4 Å². The molecule has 0 amide bonds. The second-order valence-corrected chi connectivity index (χ2v) is 8.65. The Balaban J connectivity index is 1.30. The Morgan fingerprint density at radius 1 is 0.966 bits per heavy atom. The molecule has 29 heavy (non-hydrogen) atoms. The van der Waals surface area contributed by atoms with Crippen molar-refractivity contribution in [2.24, 2.45) is 0 Å². The predicted octanol–water partition coefficient (Wildman–Crippen LogP) is 4.83. The van der Waals surface area contributed by atoms with Crippen LogP contribution in [-0.4, -0.2) is 47.1 Å². The Hall–Kier alpha value is -2.08. The van der Waals surface area contributed by atoms with Gasteiger partial charge in [0.2, 0.25) is 5.95 Å². The molecule has 2 aromatic carbocycles. The largest absolute Gasteiger partial charge is 0.367 e. The lowest BCUT2D eigenvalue weighted by atomic mass is 10.2. The predicted molar refractivity (Wildman–Crippen MR) is 120 cm³/mol. The average molecular weight is 428 g/mol. The van der Waals surface area contributed by atoms with E-state index in [-0.39, 0.29) is 0 Å². The normalized spacial score (nSPS) is 17.7. The van der Waals surface area contributed by atoms with E-state index in [2.05, 4.69) is 27.2 Å². The number of piperazine rings is 1. The maximum Gasteiger partial charge on any atom is 0.227 e. The second kappa shape index (κ2) is 7.98. The van der Waals surface area contributed by atoms with Crippen LogP contribution in [0.4, 0.5) is 11.8 Å². The molecule has 1 aliphatic carbocycles. The Bertz CT molecular complexity index is 1030. The van der Waals surface area contributed by atoms with E-state index in [1.807, 2.05) is 30.3 Å². The molecular formula is C22H23Cl2N5. The van der Waals surface area contributed by atoms with Crippen LogP contribution in [0.15, 0.2) is 42.5 Å². The number of rotatable bonds is 5. The molecule has 150 valence electrons. The van der Waals surface area contributed by atoms with Gasteiger partial charge in [-0.25, -0.2) is 4.98 Å². The fourth-order valence-electron chi connectivity index (χ4n) is 3.73. The van der Waals surface area contributed by atoms with Gasteiger partial charge in [-0.2, -0.15) is 4.98 Å². The third-order valence-electron chi connectivity index (χ3n) is 5.57. The lowest BCUT2D eigenvalue weighted by Gasteiger charge is -2.35. The van der Waals surface area contributed by atoms with Crippen molar-refractivity contribution in [1.82, 2.24) is 14.9 Å². The highest BCUT2D eigenvalue weighted by Crippen LogP contribution is 2.30. The zero-order valence-corrected chi connectivity index (χ0v) is 17.6. The quantitative estimate of drug-likeness (QED) is 0.631. The van der Waals surface area contributed by atoms with Gasteiger partial charge in [0.1, 0.15) is 5.82 Å². The molecule has 2 aliphatic rings. The summed E-state index contributed by atoms with van der Waals surface area (Å²) in [6.45, 7) is 4.51. The first-order chi connectivity index (χ1) is 14.2. The van der Waals surface area contributed by atoms with E-state index in [0.717, 1.165) is 66.0 Å². The number of fused-ring (bicyclic) bond motifs is 1. The molecule has 5 rings (SSSR count). The first kappa shape index (κ1) is 18.9. The highest BCUT2D eigenvalue weighted by Gasteiger charge is 2.25. The summed E-state index contributed by atoms with van der Waals surface area (Å²) in [5, 5.41) is 6.08. The van der Waals surface area contributed by atoms with E-state index >= 15 is 0 Å². The van der Waals surface area contributed by atoms with Crippen molar-refractivity contribution in [3.63, 3.8) is 0 Å². The third-order valence-corrected chi connectivity index (χ3v) is 6.16. The summed E-state index contributed by atoms with van der Waals surface area (Å²) in [5.41, 5.74) is 2.11. The van der Waals surface area contributed by atoms with Gasteiger partial charge in [0.05, 0.1) is 5.52 Å². The second-order valence-electron chi connectivity index (χ2n) is 7.81. The molecule has 1 saturated heterocycles. The number of benzene rings is 2. The minimum absolute atomic E-state index is 0.558. The molecule has 5 nitrogen and oxygen atoms in total. The minimum Gasteiger partial charge on any atom is -0.367 e. The number of nitrogens with one attached hydrogen (secondary N) is 1. The van der Waals surface area contributed by atoms with Crippen LogP contribution in [0.2, 0.25) is 10.0 Å². The molecule has 1 N–H and O–H groups in total. The zero-order valence-electron chi connectivity index (χ0n) is 16.1. The van der Waals surface area contributed by atoms with Gasteiger partial charge in [0.25, 0.3) is 0 Å². The highest BCUT2D eigenvalue weighted by atomic mass is 35.5. The van der Waals surface area contributed by atoms with E-state index < -0.39 is 0 Å². The molecule has 0 radical (unpaired) electrons. The Kier molecular flexibility index (Phi) is 5.20. The fraction of sp³-hybridized carbons (Fsp3) is 0.364. The van der Waals surface area contributed by atoms with E-state index in [0.29, 0.717) is 11.1 Å². The maximum atomic E-state index is 6.34. The van der Waals surface area contributed by atoms with Crippen molar-refractivity contribution >= 4 is 45.9 Å². The molecule has 0 unspecified atom stereocenters. The summed E-state index contributed by atoms with van der Waals surface area (Å²) in [4.78, 5) is 14.4.